The van der Waals surface area contributed by atoms with Crippen LogP contribution in [0.3, 0.4) is 0 Å². The summed E-state index contributed by atoms with van der Waals surface area (Å²) in [6.07, 6.45) is 0. The fourth-order valence-corrected chi connectivity index (χ4v) is 3.18. The van der Waals surface area contributed by atoms with Gasteiger partial charge in [0, 0.05) is 40.3 Å². The van der Waals surface area contributed by atoms with E-state index in [4.69, 9.17) is 0 Å². The number of hydrogen-bond donors (Lipinski definition) is 1. The highest BCUT2D eigenvalue weighted by Crippen LogP contribution is 2.30. The van der Waals surface area contributed by atoms with Crippen molar-refractivity contribution in [2.45, 2.75) is 19.8 Å². The first-order valence-electron chi connectivity index (χ1n) is 6.68. The molecular weight excluding hydrogens is 260 g/mol. The molecular formula is C13H22N4OS. The summed E-state index contributed by atoms with van der Waals surface area (Å²) in [7, 11) is 3.92. The average molecular weight is 282 g/mol. The van der Waals surface area contributed by atoms with Gasteiger partial charge in [-0.15, -0.1) is 0 Å². The topological polar surface area (TPSA) is 48.5 Å². The molecule has 0 saturated carbocycles. The standard InChI is InChI=1S/C13H22N4OS/c1-9(2)10-11(19-13(15-10)16(3)4)12(18)17-7-5-14-6-8-17/h9,14H,5-8H2,1-4H3. The molecule has 106 valence electrons. The highest BCUT2D eigenvalue weighted by atomic mass is 32.1. The van der Waals surface area contributed by atoms with Crippen molar-refractivity contribution < 1.29 is 4.79 Å². The van der Waals surface area contributed by atoms with Crippen molar-refractivity contribution in [1.82, 2.24) is 15.2 Å². The van der Waals surface area contributed by atoms with Crippen molar-refractivity contribution >= 4 is 22.4 Å². The molecule has 1 amide bonds. The van der Waals surface area contributed by atoms with Crippen LogP contribution in [0.5, 0.6) is 0 Å². The molecule has 1 aromatic rings. The van der Waals surface area contributed by atoms with E-state index in [2.05, 4.69) is 24.1 Å². The quantitative estimate of drug-likeness (QED) is 0.910. The van der Waals surface area contributed by atoms with E-state index in [1.54, 1.807) is 0 Å². The van der Waals surface area contributed by atoms with Gasteiger partial charge >= 0.3 is 0 Å². The molecule has 2 rings (SSSR count). The van der Waals surface area contributed by atoms with Crippen LogP contribution >= 0.6 is 11.3 Å². The number of amides is 1. The van der Waals surface area contributed by atoms with E-state index in [0.717, 1.165) is 41.9 Å². The SMILES string of the molecule is CC(C)c1nc(N(C)C)sc1C(=O)N1CCNCC1. The smallest absolute Gasteiger partial charge is 0.266 e. The highest BCUT2D eigenvalue weighted by molar-refractivity contribution is 7.17. The van der Waals surface area contributed by atoms with Crippen molar-refractivity contribution in [2.75, 3.05) is 45.2 Å². The molecule has 0 aromatic carbocycles. The molecule has 5 nitrogen and oxygen atoms in total. The second kappa shape index (κ2) is 5.88. The Bertz CT molecular complexity index is 449. The predicted octanol–water partition coefficient (Wildman–Crippen LogP) is 1.38. The molecule has 0 atom stereocenters. The summed E-state index contributed by atoms with van der Waals surface area (Å²) in [6.45, 7) is 7.49. The number of thiazole rings is 1. The van der Waals surface area contributed by atoms with Gasteiger partial charge in [0.15, 0.2) is 5.13 Å². The Kier molecular flexibility index (Phi) is 4.42. The number of nitrogens with one attached hydrogen (secondary N) is 1. The highest BCUT2D eigenvalue weighted by Gasteiger charge is 2.26. The molecule has 1 N–H and O–H groups in total. The van der Waals surface area contributed by atoms with Gasteiger partial charge in [0.1, 0.15) is 4.88 Å². The van der Waals surface area contributed by atoms with E-state index < -0.39 is 0 Å². The number of aromatic nitrogens is 1. The summed E-state index contributed by atoms with van der Waals surface area (Å²) in [6, 6.07) is 0. The van der Waals surface area contributed by atoms with Gasteiger partial charge < -0.3 is 15.1 Å². The molecule has 19 heavy (non-hydrogen) atoms. The molecule has 1 aliphatic rings. The van der Waals surface area contributed by atoms with Crippen LogP contribution in [-0.4, -0.2) is 56.1 Å². The van der Waals surface area contributed by atoms with Gasteiger partial charge in [-0.05, 0) is 5.92 Å². The summed E-state index contributed by atoms with van der Waals surface area (Å²) >= 11 is 1.50. The van der Waals surface area contributed by atoms with E-state index in [0.29, 0.717) is 0 Å². The lowest BCUT2D eigenvalue weighted by Gasteiger charge is -2.27. The fraction of sp³-hybridized carbons (Fsp3) is 0.692. The lowest BCUT2D eigenvalue weighted by Crippen LogP contribution is -2.46. The van der Waals surface area contributed by atoms with Crippen LogP contribution in [0.15, 0.2) is 0 Å². The minimum Gasteiger partial charge on any atom is -0.354 e. The van der Waals surface area contributed by atoms with Crippen LogP contribution in [0, 0.1) is 0 Å². The molecule has 1 saturated heterocycles. The zero-order chi connectivity index (χ0) is 14.0. The number of carbonyl (C=O) groups excluding carboxylic acids is 1. The predicted molar refractivity (Wildman–Crippen MR) is 79.3 cm³/mol. The maximum Gasteiger partial charge on any atom is 0.266 e. The Morgan fingerprint density at radius 1 is 1.37 bits per heavy atom. The van der Waals surface area contributed by atoms with Crippen molar-refractivity contribution in [1.29, 1.82) is 0 Å². The maximum atomic E-state index is 12.6. The van der Waals surface area contributed by atoms with Gasteiger partial charge in [-0.2, -0.15) is 0 Å². The summed E-state index contributed by atoms with van der Waals surface area (Å²) in [5.41, 5.74) is 0.928. The molecule has 1 aliphatic heterocycles. The summed E-state index contributed by atoms with van der Waals surface area (Å²) < 4.78 is 0. The number of piperazine rings is 1. The molecule has 1 aromatic heterocycles. The average Bonchev–Trinajstić information content (AvgIpc) is 2.84. The zero-order valence-electron chi connectivity index (χ0n) is 12.1. The third-order valence-corrected chi connectivity index (χ3v) is 4.40. The molecule has 2 heterocycles. The Labute approximate surface area is 118 Å². The molecule has 0 unspecified atom stereocenters. The van der Waals surface area contributed by atoms with Crippen LogP contribution in [0.25, 0.3) is 0 Å². The fourth-order valence-electron chi connectivity index (χ4n) is 2.07. The molecule has 0 bridgehead atoms. The monoisotopic (exact) mass is 282 g/mol. The van der Waals surface area contributed by atoms with Crippen molar-refractivity contribution in [2.24, 2.45) is 0 Å². The van der Waals surface area contributed by atoms with E-state index in [1.807, 2.05) is 23.9 Å². The third-order valence-electron chi connectivity index (χ3n) is 3.17. The van der Waals surface area contributed by atoms with Crippen molar-refractivity contribution in [3.05, 3.63) is 10.6 Å². The van der Waals surface area contributed by atoms with Gasteiger partial charge in [0.2, 0.25) is 0 Å². The molecule has 6 heteroatoms. The number of hydrogen-bond acceptors (Lipinski definition) is 5. The zero-order valence-corrected chi connectivity index (χ0v) is 12.9. The van der Waals surface area contributed by atoms with Crippen molar-refractivity contribution in [3.63, 3.8) is 0 Å². The Hall–Kier alpha value is -1.14. The third kappa shape index (κ3) is 3.06. The first-order chi connectivity index (χ1) is 9.00. The van der Waals surface area contributed by atoms with E-state index in [-0.39, 0.29) is 11.8 Å². The second-order valence-corrected chi connectivity index (χ2v) is 6.28. The van der Waals surface area contributed by atoms with E-state index in [9.17, 15) is 4.79 Å². The molecule has 1 fully saturated rings. The van der Waals surface area contributed by atoms with Crippen LogP contribution in [0.2, 0.25) is 0 Å². The first-order valence-corrected chi connectivity index (χ1v) is 7.50. The Balaban J connectivity index is 2.28. The summed E-state index contributed by atoms with van der Waals surface area (Å²) in [4.78, 5) is 21.9. The largest absolute Gasteiger partial charge is 0.354 e. The molecule has 0 radical (unpaired) electrons. The van der Waals surface area contributed by atoms with Gasteiger partial charge in [0.05, 0.1) is 5.69 Å². The second-order valence-electron chi connectivity index (χ2n) is 5.30. The summed E-state index contributed by atoms with van der Waals surface area (Å²) in [5, 5.41) is 4.17. The normalized spacial score (nSPS) is 15.9. The lowest BCUT2D eigenvalue weighted by molar-refractivity contribution is 0.0739. The van der Waals surface area contributed by atoms with Crippen LogP contribution < -0.4 is 10.2 Å². The van der Waals surface area contributed by atoms with Crippen LogP contribution in [-0.2, 0) is 0 Å². The van der Waals surface area contributed by atoms with Gasteiger partial charge in [-0.3, -0.25) is 4.79 Å². The minimum absolute atomic E-state index is 0.135. The first kappa shape index (κ1) is 14.3. The van der Waals surface area contributed by atoms with Crippen LogP contribution in [0.4, 0.5) is 5.13 Å². The van der Waals surface area contributed by atoms with Gasteiger partial charge in [-0.1, -0.05) is 25.2 Å². The Morgan fingerprint density at radius 3 is 2.53 bits per heavy atom. The Morgan fingerprint density at radius 2 is 2.00 bits per heavy atom. The van der Waals surface area contributed by atoms with Gasteiger partial charge in [-0.25, -0.2) is 4.98 Å². The summed E-state index contributed by atoms with van der Waals surface area (Å²) in [5.74, 6) is 0.405. The van der Waals surface area contributed by atoms with Crippen LogP contribution in [0.1, 0.15) is 35.1 Å². The number of carbonyl (C=O) groups is 1. The van der Waals surface area contributed by atoms with E-state index >= 15 is 0 Å². The number of rotatable bonds is 3. The van der Waals surface area contributed by atoms with Crippen molar-refractivity contribution in [3.8, 4) is 0 Å². The molecule has 0 aliphatic carbocycles. The minimum atomic E-state index is 0.135. The molecule has 0 spiro atoms. The van der Waals surface area contributed by atoms with E-state index in [1.165, 1.54) is 11.3 Å². The van der Waals surface area contributed by atoms with Gasteiger partial charge in [0.25, 0.3) is 5.91 Å². The lowest BCUT2D eigenvalue weighted by atomic mass is 10.1. The number of nitrogens with zero attached hydrogens (tertiary/aromatic N) is 3. The number of anilines is 1. The maximum absolute atomic E-state index is 12.6.